The molecule has 4 N–H and O–H groups in total. The number of carbonyl (C=O) groups is 1. The Bertz CT molecular complexity index is 1150. The van der Waals surface area contributed by atoms with Crippen LogP contribution in [0, 0.1) is 5.41 Å². The van der Waals surface area contributed by atoms with Crippen molar-refractivity contribution < 1.29 is 17.9 Å². The second kappa shape index (κ2) is 8.81. The lowest BCUT2D eigenvalue weighted by Crippen LogP contribution is -2.59. The number of benzene rings is 1. The van der Waals surface area contributed by atoms with E-state index in [1.807, 2.05) is 0 Å². The summed E-state index contributed by atoms with van der Waals surface area (Å²) in [4.78, 5) is 19.1. The number of amides is 1. The highest BCUT2D eigenvalue weighted by Gasteiger charge is 2.46. The maximum absolute atomic E-state index is 13.3. The zero-order valence-corrected chi connectivity index (χ0v) is 19.0. The standard InChI is InChI=1S/C20H25ClN6O4S/c21-27(19(22)23)17-13-24-12-14-11-15(3-4-16(14)17)32(29,30)25-20(5-1-2-6-20)18(28)26-7-9-31-10-8-26/h3-4,11-13,25H,1-2,5-10H2,(H3,22,23). The van der Waals surface area contributed by atoms with Gasteiger partial charge in [-0.3, -0.25) is 15.2 Å². The third-order valence-corrected chi connectivity index (χ3v) is 7.84. The lowest BCUT2D eigenvalue weighted by molar-refractivity contribution is -0.141. The molecule has 1 saturated carbocycles. The minimum atomic E-state index is -4.00. The average molecular weight is 481 g/mol. The van der Waals surface area contributed by atoms with Gasteiger partial charge in [0.25, 0.3) is 0 Å². The van der Waals surface area contributed by atoms with Crippen LogP contribution in [0.5, 0.6) is 0 Å². The first-order chi connectivity index (χ1) is 15.2. The first-order valence-electron chi connectivity index (χ1n) is 10.3. The molecule has 0 unspecified atom stereocenters. The van der Waals surface area contributed by atoms with Gasteiger partial charge in [0.1, 0.15) is 5.54 Å². The van der Waals surface area contributed by atoms with E-state index in [1.54, 1.807) is 11.0 Å². The number of morpholine rings is 1. The van der Waals surface area contributed by atoms with Crippen molar-refractivity contribution >= 4 is 50.1 Å². The molecule has 10 nitrogen and oxygen atoms in total. The van der Waals surface area contributed by atoms with Gasteiger partial charge in [-0.1, -0.05) is 18.9 Å². The van der Waals surface area contributed by atoms with Crippen LogP contribution >= 0.6 is 11.8 Å². The lowest BCUT2D eigenvalue weighted by Gasteiger charge is -2.36. The number of halogens is 1. The molecule has 172 valence electrons. The first kappa shape index (κ1) is 22.7. The third-order valence-electron chi connectivity index (χ3n) is 5.94. The Kier molecular flexibility index (Phi) is 6.26. The highest BCUT2D eigenvalue weighted by molar-refractivity contribution is 7.89. The summed E-state index contributed by atoms with van der Waals surface area (Å²) in [5.41, 5.74) is 4.67. The summed E-state index contributed by atoms with van der Waals surface area (Å²) in [6, 6.07) is 4.51. The molecule has 1 aromatic carbocycles. The number of rotatable bonds is 5. The van der Waals surface area contributed by atoms with E-state index >= 15 is 0 Å². The van der Waals surface area contributed by atoms with E-state index in [9.17, 15) is 13.2 Å². The van der Waals surface area contributed by atoms with E-state index in [-0.39, 0.29) is 16.8 Å². The van der Waals surface area contributed by atoms with Gasteiger partial charge in [0.05, 0.1) is 30.0 Å². The molecule has 2 fully saturated rings. The molecule has 1 amide bonds. The maximum Gasteiger partial charge on any atom is 0.244 e. The fourth-order valence-electron chi connectivity index (χ4n) is 4.32. The van der Waals surface area contributed by atoms with Crippen molar-refractivity contribution in [3.05, 3.63) is 30.6 Å². The number of pyridine rings is 1. The Morgan fingerprint density at radius 1 is 1.25 bits per heavy atom. The number of hydrogen-bond acceptors (Lipinski definition) is 6. The highest BCUT2D eigenvalue weighted by atomic mass is 35.5. The molecule has 1 aliphatic heterocycles. The summed E-state index contributed by atoms with van der Waals surface area (Å²) in [6.07, 6.45) is 5.42. The minimum absolute atomic E-state index is 0.0222. The number of sulfonamides is 1. The Morgan fingerprint density at radius 3 is 2.59 bits per heavy atom. The zero-order chi connectivity index (χ0) is 22.9. The molecule has 0 atom stereocenters. The minimum Gasteiger partial charge on any atom is -0.378 e. The predicted molar refractivity (Wildman–Crippen MR) is 121 cm³/mol. The molecule has 1 saturated heterocycles. The maximum atomic E-state index is 13.3. The highest BCUT2D eigenvalue weighted by Crippen LogP contribution is 2.34. The smallest absolute Gasteiger partial charge is 0.244 e. The summed E-state index contributed by atoms with van der Waals surface area (Å²) in [5, 5.41) is 8.62. The van der Waals surface area contributed by atoms with Gasteiger partial charge in [-0.2, -0.15) is 4.72 Å². The van der Waals surface area contributed by atoms with Gasteiger partial charge in [-0.25, -0.2) is 12.8 Å². The number of hydrogen-bond donors (Lipinski definition) is 3. The molecule has 12 heteroatoms. The van der Waals surface area contributed by atoms with E-state index in [4.69, 9.17) is 27.7 Å². The molecular formula is C20H25ClN6O4S. The van der Waals surface area contributed by atoms with E-state index in [2.05, 4.69) is 9.71 Å². The van der Waals surface area contributed by atoms with Crippen LogP contribution in [-0.2, 0) is 19.6 Å². The number of ether oxygens (including phenoxy) is 1. The SMILES string of the molecule is N=C(N)N(Cl)c1cncc2cc(S(=O)(=O)NC3(C(=O)N4CCOCC4)CCCC3)ccc12. The number of aromatic nitrogens is 1. The Hall–Kier alpha value is -2.47. The van der Waals surface area contributed by atoms with E-state index < -0.39 is 15.6 Å². The number of carbonyl (C=O) groups excluding carboxylic acids is 1. The van der Waals surface area contributed by atoms with Crippen LogP contribution in [0.4, 0.5) is 5.69 Å². The van der Waals surface area contributed by atoms with Crippen LogP contribution in [-0.4, -0.2) is 62.0 Å². The van der Waals surface area contributed by atoms with Crippen LogP contribution in [0.25, 0.3) is 10.8 Å². The first-order valence-corrected chi connectivity index (χ1v) is 12.1. The number of nitrogens with two attached hydrogens (primary N) is 1. The van der Waals surface area contributed by atoms with Gasteiger partial charge >= 0.3 is 0 Å². The Balaban J connectivity index is 1.66. The van der Waals surface area contributed by atoms with E-state index in [0.717, 1.165) is 17.3 Å². The quantitative estimate of drug-likeness (QED) is 0.334. The van der Waals surface area contributed by atoms with Crippen molar-refractivity contribution in [2.75, 3.05) is 30.7 Å². The predicted octanol–water partition coefficient (Wildman–Crippen LogP) is 1.54. The molecule has 2 aliphatic rings. The number of fused-ring (bicyclic) bond motifs is 1. The van der Waals surface area contributed by atoms with Gasteiger partial charge in [-0.15, -0.1) is 0 Å². The average Bonchev–Trinajstić information content (AvgIpc) is 3.26. The molecule has 2 heterocycles. The lowest BCUT2D eigenvalue weighted by atomic mass is 9.97. The van der Waals surface area contributed by atoms with Crippen molar-refractivity contribution in [1.29, 1.82) is 5.41 Å². The molecule has 1 aromatic heterocycles. The number of anilines is 1. The number of nitrogens with one attached hydrogen (secondary N) is 2. The molecule has 1 aliphatic carbocycles. The summed E-state index contributed by atoms with van der Waals surface area (Å²) < 4.78 is 35.7. The van der Waals surface area contributed by atoms with Crippen molar-refractivity contribution in [1.82, 2.24) is 14.6 Å². The fraction of sp³-hybridized carbons (Fsp3) is 0.450. The van der Waals surface area contributed by atoms with Crippen molar-refractivity contribution in [2.24, 2.45) is 5.73 Å². The van der Waals surface area contributed by atoms with Crippen LogP contribution in [0.15, 0.2) is 35.5 Å². The van der Waals surface area contributed by atoms with Crippen LogP contribution in [0.2, 0.25) is 0 Å². The second-order valence-electron chi connectivity index (χ2n) is 8.01. The van der Waals surface area contributed by atoms with Crippen LogP contribution < -0.4 is 14.9 Å². The molecule has 2 aromatic rings. The monoisotopic (exact) mass is 480 g/mol. The summed E-state index contributed by atoms with van der Waals surface area (Å²) in [6.45, 7) is 1.81. The normalized spacial score (nSPS) is 18.6. The topological polar surface area (TPSA) is 142 Å². The number of guanidine groups is 1. The van der Waals surface area contributed by atoms with E-state index in [0.29, 0.717) is 55.6 Å². The van der Waals surface area contributed by atoms with Crippen molar-refractivity contribution in [3.8, 4) is 0 Å². The van der Waals surface area contributed by atoms with Gasteiger partial charge in [0, 0.05) is 41.8 Å². The Labute approximate surface area is 191 Å². The molecule has 4 rings (SSSR count). The third kappa shape index (κ3) is 4.25. The van der Waals surface area contributed by atoms with Gasteiger partial charge < -0.3 is 15.4 Å². The van der Waals surface area contributed by atoms with Crippen molar-refractivity contribution in [3.63, 3.8) is 0 Å². The van der Waals surface area contributed by atoms with Crippen molar-refractivity contribution in [2.45, 2.75) is 36.1 Å². The molecular weight excluding hydrogens is 456 g/mol. The largest absolute Gasteiger partial charge is 0.378 e. The molecule has 0 spiro atoms. The van der Waals surface area contributed by atoms with Gasteiger partial charge in [0.15, 0.2) is 0 Å². The zero-order valence-electron chi connectivity index (χ0n) is 17.4. The van der Waals surface area contributed by atoms with E-state index in [1.165, 1.54) is 24.5 Å². The fourth-order valence-corrected chi connectivity index (χ4v) is 5.90. The van der Waals surface area contributed by atoms with Crippen LogP contribution in [0.3, 0.4) is 0 Å². The van der Waals surface area contributed by atoms with Gasteiger partial charge in [0.2, 0.25) is 21.9 Å². The summed E-state index contributed by atoms with van der Waals surface area (Å²) in [7, 11) is -4.00. The van der Waals surface area contributed by atoms with Gasteiger partial charge in [-0.05, 0) is 25.0 Å². The second-order valence-corrected chi connectivity index (χ2v) is 10.0. The molecule has 0 bridgehead atoms. The molecule has 0 radical (unpaired) electrons. The molecule has 32 heavy (non-hydrogen) atoms. The Morgan fingerprint density at radius 2 is 1.94 bits per heavy atom. The van der Waals surface area contributed by atoms with Crippen LogP contribution in [0.1, 0.15) is 25.7 Å². The summed E-state index contributed by atoms with van der Waals surface area (Å²) >= 11 is 6.05. The number of nitrogens with zero attached hydrogens (tertiary/aromatic N) is 3. The summed E-state index contributed by atoms with van der Waals surface area (Å²) in [5.74, 6) is -0.574.